The molecule has 2 atom stereocenters. The van der Waals surface area contributed by atoms with Crippen molar-refractivity contribution in [3.8, 4) is 11.4 Å². The normalized spacial score (nSPS) is 13.9. The van der Waals surface area contributed by atoms with Crippen LogP contribution in [0.4, 0.5) is 13.2 Å². The van der Waals surface area contributed by atoms with E-state index < -0.39 is 23.7 Å². The minimum Gasteiger partial charge on any atom is -0.459 e. The summed E-state index contributed by atoms with van der Waals surface area (Å²) in [4.78, 5) is 16.5. The van der Waals surface area contributed by atoms with Crippen LogP contribution in [-0.4, -0.2) is 16.0 Å². The van der Waals surface area contributed by atoms with Gasteiger partial charge in [0.15, 0.2) is 5.76 Å². The van der Waals surface area contributed by atoms with Gasteiger partial charge in [-0.25, -0.2) is 0 Å². The molecule has 1 aromatic carbocycles. The molecule has 0 saturated carbocycles. The van der Waals surface area contributed by atoms with Gasteiger partial charge in [-0.2, -0.15) is 18.2 Å². The highest BCUT2D eigenvalue weighted by Crippen LogP contribution is 2.32. The molecule has 0 spiro atoms. The lowest BCUT2D eigenvalue weighted by atomic mass is 9.99. The Morgan fingerprint density at radius 1 is 1.25 bits per heavy atom. The number of aromatic nitrogens is 2. The standard InChI is InChI=1S/C19H18F3N3O3/c1-3-11(2)15(23-17(26)14-8-5-9-27-14)18-24-16(25-28-18)12-6-4-7-13(10-12)19(20,21)22/h4-11,15H,3H2,1-2H3,(H,23,26)/t11-,15-/m1/s1. The average Bonchev–Trinajstić information content (AvgIpc) is 3.36. The number of hydrogen-bond donors (Lipinski definition) is 1. The summed E-state index contributed by atoms with van der Waals surface area (Å²) in [5.41, 5.74) is -0.633. The van der Waals surface area contributed by atoms with Gasteiger partial charge in [0.25, 0.3) is 5.91 Å². The topological polar surface area (TPSA) is 81.2 Å². The Bertz CT molecular complexity index is 935. The number of carbonyl (C=O) groups excluding carboxylic acids is 1. The number of benzene rings is 1. The number of carbonyl (C=O) groups is 1. The summed E-state index contributed by atoms with van der Waals surface area (Å²) in [6.07, 6.45) is -2.39. The Kier molecular flexibility index (Phi) is 5.53. The van der Waals surface area contributed by atoms with E-state index in [2.05, 4.69) is 15.5 Å². The molecular weight excluding hydrogens is 375 g/mol. The quantitative estimate of drug-likeness (QED) is 0.646. The molecule has 0 radical (unpaired) electrons. The molecule has 1 amide bonds. The SMILES string of the molecule is CC[C@@H](C)[C@@H](NC(=O)c1ccco1)c1nc(-c2cccc(C(F)(F)F)c2)no1. The van der Waals surface area contributed by atoms with Crippen molar-refractivity contribution in [2.24, 2.45) is 5.92 Å². The molecule has 148 valence electrons. The van der Waals surface area contributed by atoms with Crippen LogP contribution < -0.4 is 5.32 Å². The Hall–Kier alpha value is -3.10. The Morgan fingerprint density at radius 3 is 2.68 bits per heavy atom. The molecule has 0 aliphatic carbocycles. The van der Waals surface area contributed by atoms with Gasteiger partial charge in [-0.15, -0.1) is 0 Å². The molecule has 0 fully saturated rings. The van der Waals surface area contributed by atoms with Gasteiger partial charge in [0.2, 0.25) is 11.7 Å². The monoisotopic (exact) mass is 393 g/mol. The average molecular weight is 393 g/mol. The van der Waals surface area contributed by atoms with Crippen molar-refractivity contribution in [2.75, 3.05) is 0 Å². The van der Waals surface area contributed by atoms with Crippen molar-refractivity contribution in [1.82, 2.24) is 15.5 Å². The number of nitrogens with one attached hydrogen (secondary N) is 1. The van der Waals surface area contributed by atoms with Crippen LogP contribution in [0.5, 0.6) is 0 Å². The number of hydrogen-bond acceptors (Lipinski definition) is 5. The van der Waals surface area contributed by atoms with E-state index in [1.807, 2.05) is 13.8 Å². The zero-order chi connectivity index (χ0) is 20.3. The summed E-state index contributed by atoms with van der Waals surface area (Å²) >= 11 is 0. The van der Waals surface area contributed by atoms with Gasteiger partial charge in [0.1, 0.15) is 6.04 Å². The fourth-order valence-electron chi connectivity index (χ4n) is 2.62. The van der Waals surface area contributed by atoms with E-state index in [0.717, 1.165) is 12.1 Å². The van der Waals surface area contributed by atoms with E-state index in [4.69, 9.17) is 8.94 Å². The van der Waals surface area contributed by atoms with E-state index in [-0.39, 0.29) is 29.0 Å². The maximum Gasteiger partial charge on any atom is 0.416 e. The number of alkyl halides is 3. The number of halogens is 3. The molecule has 0 saturated heterocycles. The smallest absolute Gasteiger partial charge is 0.416 e. The van der Waals surface area contributed by atoms with E-state index in [1.165, 1.54) is 24.5 Å². The molecule has 0 aliphatic heterocycles. The summed E-state index contributed by atoms with van der Waals surface area (Å²) in [5, 5.41) is 6.57. The molecular formula is C19H18F3N3O3. The fraction of sp³-hybridized carbons (Fsp3) is 0.316. The van der Waals surface area contributed by atoms with Crippen LogP contribution in [0, 0.1) is 5.92 Å². The second-order valence-corrected chi connectivity index (χ2v) is 6.35. The summed E-state index contributed by atoms with van der Waals surface area (Å²) in [5.74, 6) is -0.253. The third kappa shape index (κ3) is 4.24. The Labute approximate surface area is 158 Å². The van der Waals surface area contributed by atoms with E-state index >= 15 is 0 Å². The third-order valence-electron chi connectivity index (χ3n) is 4.40. The van der Waals surface area contributed by atoms with Crippen molar-refractivity contribution in [1.29, 1.82) is 0 Å². The van der Waals surface area contributed by atoms with Crippen molar-refractivity contribution in [3.05, 3.63) is 59.9 Å². The molecule has 9 heteroatoms. The molecule has 3 rings (SSSR count). The maximum absolute atomic E-state index is 12.9. The van der Waals surface area contributed by atoms with Gasteiger partial charge in [-0.1, -0.05) is 37.6 Å². The summed E-state index contributed by atoms with van der Waals surface area (Å²) in [7, 11) is 0. The minimum absolute atomic E-state index is 0.0154. The summed E-state index contributed by atoms with van der Waals surface area (Å²) in [6, 6.07) is 7.15. The lowest BCUT2D eigenvalue weighted by Gasteiger charge is -2.20. The van der Waals surface area contributed by atoms with Gasteiger partial charge >= 0.3 is 6.18 Å². The summed E-state index contributed by atoms with van der Waals surface area (Å²) in [6.45, 7) is 3.82. The summed E-state index contributed by atoms with van der Waals surface area (Å²) < 4.78 is 49.1. The van der Waals surface area contributed by atoms with Crippen molar-refractivity contribution in [3.63, 3.8) is 0 Å². The molecule has 3 aromatic rings. The highest BCUT2D eigenvalue weighted by atomic mass is 19.4. The zero-order valence-corrected chi connectivity index (χ0v) is 15.2. The number of furan rings is 1. The molecule has 6 nitrogen and oxygen atoms in total. The van der Waals surface area contributed by atoms with Crippen molar-refractivity contribution < 1.29 is 26.9 Å². The van der Waals surface area contributed by atoms with E-state index in [9.17, 15) is 18.0 Å². The predicted molar refractivity (Wildman–Crippen MR) is 93.1 cm³/mol. The van der Waals surface area contributed by atoms with Gasteiger partial charge in [-0.05, 0) is 30.2 Å². The largest absolute Gasteiger partial charge is 0.459 e. The second-order valence-electron chi connectivity index (χ2n) is 6.35. The molecule has 1 N–H and O–H groups in total. The van der Waals surface area contributed by atoms with Crippen LogP contribution in [0.2, 0.25) is 0 Å². The first-order chi connectivity index (χ1) is 13.3. The van der Waals surface area contributed by atoms with Crippen LogP contribution in [0.25, 0.3) is 11.4 Å². The van der Waals surface area contributed by atoms with E-state index in [0.29, 0.717) is 6.42 Å². The van der Waals surface area contributed by atoms with Crippen molar-refractivity contribution in [2.45, 2.75) is 32.5 Å². The number of nitrogens with zero attached hydrogens (tertiary/aromatic N) is 2. The lowest BCUT2D eigenvalue weighted by molar-refractivity contribution is -0.137. The Balaban J connectivity index is 1.87. The number of rotatable bonds is 6. The van der Waals surface area contributed by atoms with Crippen molar-refractivity contribution >= 4 is 5.91 Å². The van der Waals surface area contributed by atoms with Crippen LogP contribution in [-0.2, 0) is 6.18 Å². The lowest BCUT2D eigenvalue weighted by Crippen LogP contribution is -2.32. The highest BCUT2D eigenvalue weighted by molar-refractivity contribution is 5.91. The predicted octanol–water partition coefficient (Wildman–Crippen LogP) is 4.87. The fourth-order valence-corrected chi connectivity index (χ4v) is 2.62. The molecule has 0 bridgehead atoms. The first kappa shape index (κ1) is 19.7. The first-order valence-corrected chi connectivity index (χ1v) is 8.65. The number of amides is 1. The Morgan fingerprint density at radius 2 is 2.04 bits per heavy atom. The maximum atomic E-state index is 12.9. The molecule has 0 unspecified atom stereocenters. The molecule has 0 aliphatic rings. The second kappa shape index (κ2) is 7.87. The van der Waals surface area contributed by atoms with Crippen LogP contribution in [0.1, 0.15) is 48.3 Å². The highest BCUT2D eigenvalue weighted by Gasteiger charge is 2.31. The van der Waals surface area contributed by atoms with Crippen LogP contribution >= 0.6 is 0 Å². The van der Waals surface area contributed by atoms with Gasteiger partial charge < -0.3 is 14.3 Å². The van der Waals surface area contributed by atoms with Crippen LogP contribution in [0.3, 0.4) is 0 Å². The van der Waals surface area contributed by atoms with Crippen LogP contribution in [0.15, 0.2) is 51.6 Å². The molecule has 2 heterocycles. The van der Waals surface area contributed by atoms with Gasteiger partial charge in [0, 0.05) is 5.56 Å². The third-order valence-corrected chi connectivity index (χ3v) is 4.40. The van der Waals surface area contributed by atoms with E-state index in [1.54, 1.807) is 6.07 Å². The van der Waals surface area contributed by atoms with Gasteiger partial charge in [-0.3, -0.25) is 4.79 Å². The zero-order valence-electron chi connectivity index (χ0n) is 15.2. The molecule has 2 aromatic heterocycles. The minimum atomic E-state index is -4.47. The first-order valence-electron chi connectivity index (χ1n) is 8.65. The van der Waals surface area contributed by atoms with Gasteiger partial charge in [0.05, 0.1) is 11.8 Å². The molecule has 28 heavy (non-hydrogen) atoms.